The fraction of sp³-hybridized carbons (Fsp3) is 0.556. The highest BCUT2D eigenvalue weighted by Gasteiger charge is 2.27. The third-order valence-corrected chi connectivity index (χ3v) is 4.94. The Morgan fingerprint density at radius 3 is 2.92 bits per heavy atom. The van der Waals surface area contributed by atoms with E-state index in [1.165, 1.54) is 0 Å². The number of carbonyl (C=O) groups is 1. The van der Waals surface area contributed by atoms with Crippen molar-refractivity contribution in [3.8, 4) is 0 Å². The van der Waals surface area contributed by atoms with Crippen LogP contribution in [0.2, 0.25) is 0 Å². The van der Waals surface area contributed by atoms with Crippen LogP contribution in [0.25, 0.3) is 0 Å². The van der Waals surface area contributed by atoms with Crippen LogP contribution >= 0.6 is 0 Å². The molecule has 0 bridgehead atoms. The van der Waals surface area contributed by atoms with Gasteiger partial charge in [0.25, 0.3) is 5.91 Å². The Bertz CT molecular complexity index is 763. The molecule has 4 rings (SSSR count). The van der Waals surface area contributed by atoms with Crippen molar-refractivity contribution >= 4 is 5.91 Å². The van der Waals surface area contributed by atoms with Gasteiger partial charge in [0.2, 0.25) is 0 Å². The number of fused-ring (bicyclic) bond motifs is 1. The van der Waals surface area contributed by atoms with Gasteiger partial charge in [0, 0.05) is 37.3 Å². The molecule has 2 aromatic heterocycles. The van der Waals surface area contributed by atoms with E-state index in [-0.39, 0.29) is 11.9 Å². The largest absolute Gasteiger partial charge is 0.465 e. The second kappa shape index (κ2) is 7.61. The summed E-state index contributed by atoms with van der Waals surface area (Å²) in [6, 6.07) is 3.90. The number of ether oxygens (including phenoxy) is 2. The third-order valence-electron chi connectivity index (χ3n) is 4.94. The number of amides is 1. The minimum atomic E-state index is -0.186. The normalized spacial score (nSPS) is 19.1. The van der Waals surface area contributed by atoms with Crippen molar-refractivity contribution in [3.63, 3.8) is 0 Å². The maximum absolute atomic E-state index is 12.7. The lowest BCUT2D eigenvalue weighted by Crippen LogP contribution is -2.43. The van der Waals surface area contributed by atoms with Gasteiger partial charge >= 0.3 is 0 Å². The Balaban J connectivity index is 1.47. The van der Waals surface area contributed by atoms with Gasteiger partial charge in [0.05, 0.1) is 32.5 Å². The number of hydrogen-bond acceptors (Lipinski definition) is 6. The molecule has 8 nitrogen and oxygen atoms in total. The van der Waals surface area contributed by atoms with Crippen molar-refractivity contribution in [2.24, 2.45) is 0 Å². The first-order valence-electron chi connectivity index (χ1n) is 9.02. The molecule has 1 atom stereocenters. The lowest BCUT2D eigenvalue weighted by molar-refractivity contribution is 0.0116. The molecule has 26 heavy (non-hydrogen) atoms. The fourth-order valence-corrected chi connectivity index (χ4v) is 3.50. The van der Waals surface area contributed by atoms with Crippen molar-refractivity contribution in [3.05, 3.63) is 40.6 Å². The molecular weight excluding hydrogens is 336 g/mol. The zero-order valence-corrected chi connectivity index (χ0v) is 14.9. The Morgan fingerprint density at radius 2 is 2.15 bits per heavy atom. The van der Waals surface area contributed by atoms with Gasteiger partial charge in [-0.3, -0.25) is 14.8 Å². The zero-order chi connectivity index (χ0) is 17.9. The lowest BCUT2D eigenvalue weighted by atomic mass is 10.1. The molecule has 2 aliphatic rings. The van der Waals surface area contributed by atoms with E-state index >= 15 is 0 Å². The van der Waals surface area contributed by atoms with E-state index in [4.69, 9.17) is 13.9 Å². The van der Waals surface area contributed by atoms with Gasteiger partial charge in [-0.25, -0.2) is 0 Å². The van der Waals surface area contributed by atoms with Gasteiger partial charge in [0.15, 0.2) is 5.69 Å². The topological polar surface area (TPSA) is 92.6 Å². The number of hydrogen-bond donors (Lipinski definition) is 2. The maximum atomic E-state index is 12.7. The smallest absolute Gasteiger partial charge is 0.272 e. The van der Waals surface area contributed by atoms with Crippen LogP contribution in [-0.2, 0) is 22.5 Å². The van der Waals surface area contributed by atoms with E-state index < -0.39 is 0 Å². The summed E-state index contributed by atoms with van der Waals surface area (Å²) in [4.78, 5) is 15.0. The number of rotatable bonds is 5. The highest BCUT2D eigenvalue weighted by molar-refractivity contribution is 5.94. The van der Waals surface area contributed by atoms with Gasteiger partial charge in [0.1, 0.15) is 11.5 Å². The lowest BCUT2D eigenvalue weighted by Gasteiger charge is -2.33. The molecule has 0 aliphatic carbocycles. The van der Waals surface area contributed by atoms with Gasteiger partial charge < -0.3 is 19.2 Å². The quantitative estimate of drug-likeness (QED) is 0.832. The number of morpholine rings is 1. The summed E-state index contributed by atoms with van der Waals surface area (Å²) in [5, 5.41) is 10.2. The number of nitrogens with zero attached hydrogens (tertiary/aromatic N) is 2. The molecule has 2 aromatic rings. The van der Waals surface area contributed by atoms with Crippen LogP contribution in [0.15, 0.2) is 16.5 Å². The summed E-state index contributed by atoms with van der Waals surface area (Å²) in [5.41, 5.74) is 2.29. The van der Waals surface area contributed by atoms with Crippen molar-refractivity contribution < 1.29 is 18.7 Å². The molecule has 1 saturated heterocycles. The first kappa shape index (κ1) is 17.3. The number of H-pyrrole nitrogens is 1. The molecule has 0 unspecified atom stereocenters. The molecule has 1 amide bonds. The van der Waals surface area contributed by atoms with Crippen LogP contribution in [0, 0.1) is 6.92 Å². The minimum Gasteiger partial charge on any atom is -0.465 e. The Hall–Kier alpha value is -2.16. The molecule has 2 N–H and O–H groups in total. The molecule has 1 fully saturated rings. The molecule has 0 spiro atoms. The van der Waals surface area contributed by atoms with Gasteiger partial charge in [-0.1, -0.05) is 0 Å². The summed E-state index contributed by atoms with van der Waals surface area (Å²) in [6.07, 6.45) is 0.762. The number of carbonyl (C=O) groups excluding carboxylic acids is 1. The summed E-state index contributed by atoms with van der Waals surface area (Å²) in [6.45, 7) is 6.47. The maximum Gasteiger partial charge on any atom is 0.272 e. The minimum absolute atomic E-state index is 0.0254. The number of aromatic amines is 1. The van der Waals surface area contributed by atoms with Crippen molar-refractivity contribution in [1.82, 2.24) is 20.4 Å². The number of aryl methyl sites for hydroxylation is 1. The Labute approximate surface area is 151 Å². The molecular formula is C18H24N4O4. The average Bonchev–Trinajstić information content (AvgIpc) is 3.29. The predicted octanol–water partition coefficient (Wildman–Crippen LogP) is 1.19. The third kappa shape index (κ3) is 3.53. The van der Waals surface area contributed by atoms with Gasteiger partial charge in [-0.15, -0.1) is 0 Å². The van der Waals surface area contributed by atoms with E-state index in [9.17, 15) is 4.79 Å². The van der Waals surface area contributed by atoms with Crippen LogP contribution in [0.5, 0.6) is 0 Å². The Kier molecular flexibility index (Phi) is 5.05. The van der Waals surface area contributed by atoms with Crippen molar-refractivity contribution in [1.29, 1.82) is 0 Å². The van der Waals surface area contributed by atoms with Crippen molar-refractivity contribution in [2.75, 3.05) is 39.5 Å². The van der Waals surface area contributed by atoms with Crippen molar-refractivity contribution in [2.45, 2.75) is 26.0 Å². The summed E-state index contributed by atoms with van der Waals surface area (Å²) in [7, 11) is 0. The van der Waals surface area contributed by atoms with Crippen LogP contribution in [0.4, 0.5) is 0 Å². The number of aromatic nitrogens is 2. The first-order chi connectivity index (χ1) is 12.7. The fourth-order valence-electron chi connectivity index (χ4n) is 3.50. The van der Waals surface area contributed by atoms with Gasteiger partial charge in [-0.2, -0.15) is 5.10 Å². The highest BCUT2D eigenvalue weighted by atomic mass is 16.5. The SMILES string of the molecule is Cc1ccc([C@@H](CNC(=O)c2n[nH]c3c2COCC3)N2CCOCC2)o1. The van der Waals surface area contributed by atoms with E-state index in [0.29, 0.717) is 38.7 Å². The van der Waals surface area contributed by atoms with Crippen LogP contribution < -0.4 is 5.32 Å². The zero-order valence-electron chi connectivity index (χ0n) is 14.9. The Morgan fingerprint density at radius 1 is 1.31 bits per heavy atom. The highest BCUT2D eigenvalue weighted by Crippen LogP contribution is 2.24. The second-order valence-corrected chi connectivity index (χ2v) is 6.65. The summed E-state index contributed by atoms with van der Waals surface area (Å²) in [5.74, 6) is 1.54. The number of nitrogens with one attached hydrogen (secondary N) is 2. The van der Waals surface area contributed by atoms with E-state index in [1.54, 1.807) is 0 Å². The van der Waals surface area contributed by atoms with E-state index in [1.807, 2.05) is 19.1 Å². The van der Waals surface area contributed by atoms with E-state index in [2.05, 4.69) is 20.4 Å². The molecule has 8 heteroatoms. The van der Waals surface area contributed by atoms with Gasteiger partial charge in [-0.05, 0) is 19.1 Å². The first-order valence-corrected chi connectivity index (χ1v) is 9.02. The second-order valence-electron chi connectivity index (χ2n) is 6.65. The predicted molar refractivity (Wildman–Crippen MR) is 92.9 cm³/mol. The monoisotopic (exact) mass is 360 g/mol. The standard InChI is InChI=1S/C18H24N4O4/c1-12-2-3-16(26-12)15(22-5-8-24-9-6-22)10-19-18(23)17-13-11-25-7-4-14(13)20-21-17/h2-3,15H,4-11H2,1H3,(H,19,23)(H,20,21)/t15-/m1/s1. The molecule has 2 aliphatic heterocycles. The van der Waals surface area contributed by atoms with Crippen LogP contribution in [-0.4, -0.2) is 60.5 Å². The molecule has 0 saturated carbocycles. The molecule has 0 aromatic carbocycles. The average molecular weight is 360 g/mol. The molecule has 140 valence electrons. The summed E-state index contributed by atoms with van der Waals surface area (Å²) >= 11 is 0. The van der Waals surface area contributed by atoms with E-state index in [0.717, 1.165) is 42.3 Å². The molecule has 0 radical (unpaired) electrons. The summed E-state index contributed by atoms with van der Waals surface area (Å²) < 4.78 is 16.7. The number of furan rings is 1. The van der Waals surface area contributed by atoms with Crippen LogP contribution in [0.3, 0.4) is 0 Å². The molecule has 4 heterocycles. The van der Waals surface area contributed by atoms with Crippen LogP contribution in [0.1, 0.15) is 39.3 Å².